The lowest BCUT2D eigenvalue weighted by atomic mass is 10.0. The second-order valence-corrected chi connectivity index (χ2v) is 8.89. The van der Waals surface area contributed by atoms with Gasteiger partial charge in [0.1, 0.15) is 0 Å². The van der Waals surface area contributed by atoms with Crippen molar-refractivity contribution in [1.82, 2.24) is 5.32 Å². The van der Waals surface area contributed by atoms with Gasteiger partial charge in [0.2, 0.25) is 5.91 Å². The van der Waals surface area contributed by atoms with Gasteiger partial charge < -0.3 is 10.6 Å². The molecule has 1 aliphatic heterocycles. The summed E-state index contributed by atoms with van der Waals surface area (Å²) in [6.45, 7) is 6.10. The number of anilines is 1. The van der Waals surface area contributed by atoms with Crippen LogP contribution in [-0.4, -0.2) is 37.9 Å². The van der Waals surface area contributed by atoms with E-state index in [-0.39, 0.29) is 29.5 Å². The third kappa shape index (κ3) is 5.32. The maximum absolute atomic E-state index is 12.2. The van der Waals surface area contributed by atoms with Crippen molar-refractivity contribution in [2.24, 2.45) is 0 Å². The minimum absolute atomic E-state index is 0.0363. The largest absolute Gasteiger partial charge is 0.326 e. The van der Waals surface area contributed by atoms with Crippen LogP contribution in [-0.2, 0) is 14.6 Å². The Morgan fingerprint density at radius 1 is 1.26 bits per heavy atom. The molecule has 1 aliphatic rings. The monoisotopic (exact) mass is 338 g/mol. The van der Waals surface area contributed by atoms with Crippen LogP contribution in [0.25, 0.3) is 0 Å². The van der Waals surface area contributed by atoms with Gasteiger partial charge in [0.15, 0.2) is 9.84 Å². The molecule has 5 nitrogen and oxygen atoms in total. The number of hydrogen-bond donors (Lipinski definition) is 2. The van der Waals surface area contributed by atoms with Gasteiger partial charge in [0.25, 0.3) is 0 Å². The molecule has 0 bridgehead atoms. The van der Waals surface area contributed by atoms with Crippen molar-refractivity contribution < 1.29 is 13.2 Å². The van der Waals surface area contributed by atoms with Crippen molar-refractivity contribution in [2.45, 2.75) is 51.6 Å². The Labute approximate surface area is 138 Å². The van der Waals surface area contributed by atoms with Gasteiger partial charge in [-0.3, -0.25) is 4.79 Å². The number of hydrogen-bond acceptors (Lipinski definition) is 4. The number of rotatable bonds is 6. The summed E-state index contributed by atoms with van der Waals surface area (Å²) in [5.74, 6) is 0.699. The second-order valence-electron chi connectivity index (χ2n) is 6.66. The van der Waals surface area contributed by atoms with Crippen LogP contribution in [0.15, 0.2) is 24.3 Å². The topological polar surface area (TPSA) is 75.3 Å². The van der Waals surface area contributed by atoms with E-state index in [0.29, 0.717) is 18.8 Å². The molecule has 1 fully saturated rings. The number of nitrogens with one attached hydrogen (secondary N) is 2. The standard InChI is InChI=1S/C17H26N2O3S/c1-12(2)15-6-4-5-7-16(15)19-17(20)10-13(3)18-14-8-9-23(21,22)11-14/h4-7,12-14,18H,8-11H2,1-3H3,(H,19,20). The lowest BCUT2D eigenvalue weighted by Crippen LogP contribution is -2.39. The van der Waals surface area contributed by atoms with Crippen molar-refractivity contribution in [3.8, 4) is 0 Å². The Morgan fingerprint density at radius 2 is 1.96 bits per heavy atom. The number of amides is 1. The fourth-order valence-electron chi connectivity index (χ4n) is 2.98. The van der Waals surface area contributed by atoms with Crippen LogP contribution < -0.4 is 10.6 Å². The number of sulfone groups is 1. The SMILES string of the molecule is CC(CC(=O)Nc1ccccc1C(C)C)NC1CCS(=O)(=O)C1. The molecule has 0 aliphatic carbocycles. The molecule has 1 aromatic carbocycles. The van der Waals surface area contributed by atoms with E-state index >= 15 is 0 Å². The van der Waals surface area contributed by atoms with E-state index in [1.807, 2.05) is 31.2 Å². The molecule has 23 heavy (non-hydrogen) atoms. The summed E-state index contributed by atoms with van der Waals surface area (Å²) in [5.41, 5.74) is 1.96. The van der Waals surface area contributed by atoms with E-state index in [1.54, 1.807) is 0 Å². The van der Waals surface area contributed by atoms with Crippen molar-refractivity contribution >= 4 is 21.4 Å². The maximum Gasteiger partial charge on any atom is 0.225 e. The summed E-state index contributed by atoms with van der Waals surface area (Å²) in [4.78, 5) is 12.2. The lowest BCUT2D eigenvalue weighted by molar-refractivity contribution is -0.116. The highest BCUT2D eigenvalue weighted by Crippen LogP contribution is 2.23. The summed E-state index contributed by atoms with van der Waals surface area (Å²) >= 11 is 0. The van der Waals surface area contributed by atoms with Gasteiger partial charge in [0, 0.05) is 24.2 Å². The molecule has 1 heterocycles. The van der Waals surface area contributed by atoms with Gasteiger partial charge in [-0.1, -0.05) is 32.0 Å². The fourth-order valence-corrected chi connectivity index (χ4v) is 4.67. The molecule has 128 valence electrons. The quantitative estimate of drug-likeness (QED) is 0.834. The van der Waals surface area contributed by atoms with Crippen LogP contribution >= 0.6 is 0 Å². The van der Waals surface area contributed by atoms with E-state index in [2.05, 4.69) is 24.5 Å². The Morgan fingerprint density at radius 3 is 2.57 bits per heavy atom. The summed E-state index contributed by atoms with van der Waals surface area (Å²) in [6.07, 6.45) is 0.952. The zero-order valence-corrected chi connectivity index (χ0v) is 14.8. The number of carbonyl (C=O) groups is 1. The minimum atomic E-state index is -2.90. The predicted octanol–water partition coefficient (Wildman–Crippen LogP) is 2.30. The first kappa shape index (κ1) is 17.9. The van der Waals surface area contributed by atoms with Crippen LogP contribution in [0.2, 0.25) is 0 Å². The molecule has 6 heteroatoms. The number of benzene rings is 1. The first-order chi connectivity index (χ1) is 10.8. The molecule has 2 rings (SSSR count). The van der Waals surface area contributed by atoms with Crippen LogP contribution in [0.4, 0.5) is 5.69 Å². The van der Waals surface area contributed by atoms with E-state index in [9.17, 15) is 13.2 Å². The first-order valence-corrected chi connectivity index (χ1v) is 9.94. The smallest absolute Gasteiger partial charge is 0.225 e. The number of carbonyl (C=O) groups excluding carboxylic acids is 1. The zero-order chi connectivity index (χ0) is 17.0. The van der Waals surface area contributed by atoms with Crippen molar-refractivity contribution in [2.75, 3.05) is 16.8 Å². The lowest BCUT2D eigenvalue weighted by Gasteiger charge is -2.19. The molecule has 2 atom stereocenters. The van der Waals surface area contributed by atoms with Crippen molar-refractivity contribution in [3.05, 3.63) is 29.8 Å². The van der Waals surface area contributed by atoms with Gasteiger partial charge in [-0.05, 0) is 30.9 Å². The summed E-state index contributed by atoms with van der Waals surface area (Å²) in [5, 5.41) is 6.22. The van der Waals surface area contributed by atoms with Gasteiger partial charge in [-0.25, -0.2) is 8.42 Å². The molecule has 1 aromatic rings. The Bertz CT molecular complexity index is 656. The Hall–Kier alpha value is -1.40. The van der Waals surface area contributed by atoms with Gasteiger partial charge in [0.05, 0.1) is 11.5 Å². The minimum Gasteiger partial charge on any atom is -0.326 e. The summed E-state index contributed by atoms with van der Waals surface area (Å²) in [7, 11) is -2.90. The molecular formula is C17H26N2O3S. The molecule has 0 aromatic heterocycles. The third-order valence-corrected chi connectivity index (χ3v) is 5.87. The molecule has 0 radical (unpaired) electrons. The average molecular weight is 338 g/mol. The van der Waals surface area contributed by atoms with Crippen LogP contribution in [0, 0.1) is 0 Å². The molecular weight excluding hydrogens is 312 g/mol. The normalized spacial score (nSPS) is 21.3. The summed E-state index contributed by atoms with van der Waals surface area (Å²) < 4.78 is 22.9. The number of para-hydroxylation sites is 1. The third-order valence-electron chi connectivity index (χ3n) is 4.10. The van der Waals surface area contributed by atoms with Crippen LogP contribution in [0.1, 0.15) is 45.1 Å². The van der Waals surface area contributed by atoms with Gasteiger partial charge in [-0.2, -0.15) is 0 Å². The van der Waals surface area contributed by atoms with Crippen LogP contribution in [0.3, 0.4) is 0 Å². The zero-order valence-electron chi connectivity index (χ0n) is 14.0. The summed E-state index contributed by atoms with van der Waals surface area (Å²) in [6, 6.07) is 7.72. The molecule has 2 unspecified atom stereocenters. The highest BCUT2D eigenvalue weighted by Gasteiger charge is 2.28. The van der Waals surface area contributed by atoms with E-state index < -0.39 is 9.84 Å². The predicted molar refractivity (Wildman–Crippen MR) is 93.4 cm³/mol. The molecule has 1 amide bonds. The maximum atomic E-state index is 12.2. The van der Waals surface area contributed by atoms with Gasteiger partial charge in [-0.15, -0.1) is 0 Å². The highest BCUT2D eigenvalue weighted by molar-refractivity contribution is 7.91. The van der Waals surface area contributed by atoms with E-state index in [4.69, 9.17) is 0 Å². The molecule has 0 saturated carbocycles. The van der Waals surface area contributed by atoms with E-state index in [1.165, 1.54) is 0 Å². The molecule has 0 spiro atoms. The Balaban J connectivity index is 1.87. The fraction of sp³-hybridized carbons (Fsp3) is 0.588. The highest BCUT2D eigenvalue weighted by atomic mass is 32.2. The van der Waals surface area contributed by atoms with Crippen LogP contribution in [0.5, 0.6) is 0 Å². The molecule has 1 saturated heterocycles. The van der Waals surface area contributed by atoms with Crippen molar-refractivity contribution in [3.63, 3.8) is 0 Å². The average Bonchev–Trinajstić information content (AvgIpc) is 2.77. The first-order valence-electron chi connectivity index (χ1n) is 8.12. The second kappa shape index (κ2) is 7.45. The Kier molecular flexibility index (Phi) is 5.81. The molecule has 2 N–H and O–H groups in total. The van der Waals surface area contributed by atoms with Crippen molar-refractivity contribution in [1.29, 1.82) is 0 Å². The van der Waals surface area contributed by atoms with E-state index in [0.717, 1.165) is 11.3 Å². The van der Waals surface area contributed by atoms with Gasteiger partial charge >= 0.3 is 0 Å².